The van der Waals surface area contributed by atoms with E-state index in [0.717, 1.165) is 78.3 Å². The van der Waals surface area contributed by atoms with Crippen LogP contribution in [-0.2, 0) is 19.1 Å². The second-order valence-electron chi connectivity index (χ2n) is 9.83. The molecule has 0 N–H and O–H groups in total. The first-order valence-corrected chi connectivity index (χ1v) is 15.0. The van der Waals surface area contributed by atoms with Gasteiger partial charge in [0.15, 0.2) is 0 Å². The summed E-state index contributed by atoms with van der Waals surface area (Å²) in [5.41, 5.74) is 2.63. The van der Waals surface area contributed by atoms with Gasteiger partial charge in [0.25, 0.3) is 0 Å². The molecule has 3 aromatic carbocycles. The molecule has 3 rings (SSSR count). The number of fused-ring (bicyclic) bond motifs is 1. The zero-order valence-corrected chi connectivity index (χ0v) is 25.5. The van der Waals surface area contributed by atoms with Crippen molar-refractivity contribution in [3.8, 4) is 41.3 Å². The van der Waals surface area contributed by atoms with Crippen LogP contribution in [0.15, 0.2) is 91.0 Å². The predicted molar refractivity (Wildman–Crippen MR) is 180 cm³/mol. The molecule has 0 atom stereocenters. The first-order chi connectivity index (χ1) is 22.1. The second-order valence-corrected chi connectivity index (χ2v) is 9.83. The molecular weight excluding hydrogens is 562 g/mol. The molecule has 0 aromatic heterocycles. The molecule has 0 aliphatic carbocycles. The quantitative estimate of drug-likeness (QED) is 0.0560. The van der Waals surface area contributed by atoms with Gasteiger partial charge in [-0.05, 0) is 128 Å². The first-order valence-electron chi connectivity index (χ1n) is 15.0. The molecule has 0 saturated heterocycles. The van der Waals surface area contributed by atoms with Gasteiger partial charge in [0.1, 0.15) is 5.75 Å². The molecule has 0 spiro atoms. The molecule has 0 aliphatic rings. The van der Waals surface area contributed by atoms with Crippen LogP contribution in [0.2, 0.25) is 0 Å². The van der Waals surface area contributed by atoms with Gasteiger partial charge in [-0.2, -0.15) is 0 Å². The predicted octanol–water partition coefficient (Wildman–Crippen LogP) is 7.52. The van der Waals surface area contributed by atoms with Crippen molar-refractivity contribution in [2.24, 2.45) is 4.99 Å². The summed E-state index contributed by atoms with van der Waals surface area (Å²) >= 11 is 0. The minimum Gasteiger partial charge on any atom is -0.494 e. The standard InChI is InChI=1S/C39H37NO5/c1-3-38(41)44-28-13-8-7-12-26-40-36-23-22-34-30-33(18-21-35(34)31-36)17-11-6-5-10-16-32-19-24-37(25-20-32)43-27-14-9-15-29-45-39(42)4-2/h3-4,18-26,30-31H,1-2,7-9,12-15,27-29H2. The maximum atomic E-state index is 11.0. The number of rotatable bonds is 16. The van der Waals surface area contributed by atoms with Crippen molar-refractivity contribution in [1.29, 1.82) is 0 Å². The number of esters is 2. The number of ether oxygens (including phenoxy) is 3. The fourth-order valence-electron chi connectivity index (χ4n) is 4.01. The van der Waals surface area contributed by atoms with Crippen LogP contribution in [0.1, 0.15) is 56.1 Å². The van der Waals surface area contributed by atoms with Gasteiger partial charge in [-0.3, -0.25) is 4.99 Å². The zero-order valence-electron chi connectivity index (χ0n) is 25.5. The van der Waals surface area contributed by atoms with Gasteiger partial charge < -0.3 is 14.2 Å². The summed E-state index contributed by atoms with van der Waals surface area (Å²) in [6.45, 7) is 8.17. The van der Waals surface area contributed by atoms with Crippen LogP contribution in [-0.4, -0.2) is 38.0 Å². The normalized spacial score (nSPS) is 9.96. The Morgan fingerprint density at radius 2 is 1.22 bits per heavy atom. The van der Waals surface area contributed by atoms with Gasteiger partial charge in [0.05, 0.1) is 25.5 Å². The van der Waals surface area contributed by atoms with E-state index in [9.17, 15) is 9.59 Å². The second kappa shape index (κ2) is 20.4. The molecule has 228 valence electrons. The lowest BCUT2D eigenvalue weighted by Crippen LogP contribution is -2.03. The summed E-state index contributed by atoms with van der Waals surface area (Å²) in [5.74, 6) is 17.4. The Labute approximate surface area is 266 Å². The van der Waals surface area contributed by atoms with Gasteiger partial charge in [-0.25, -0.2) is 9.59 Å². The number of benzene rings is 3. The molecule has 45 heavy (non-hydrogen) atoms. The summed E-state index contributed by atoms with van der Waals surface area (Å²) in [4.78, 5) is 26.6. The Balaban J connectivity index is 1.38. The van der Waals surface area contributed by atoms with Crippen molar-refractivity contribution in [2.75, 3.05) is 19.8 Å². The van der Waals surface area contributed by atoms with Gasteiger partial charge in [-0.1, -0.05) is 37.1 Å². The highest BCUT2D eigenvalue weighted by atomic mass is 16.5. The average molecular weight is 600 g/mol. The van der Waals surface area contributed by atoms with Crippen LogP contribution < -0.4 is 4.74 Å². The van der Waals surface area contributed by atoms with Crippen molar-refractivity contribution in [1.82, 2.24) is 0 Å². The van der Waals surface area contributed by atoms with E-state index < -0.39 is 0 Å². The lowest BCUT2D eigenvalue weighted by atomic mass is 10.1. The van der Waals surface area contributed by atoms with E-state index in [-0.39, 0.29) is 11.9 Å². The smallest absolute Gasteiger partial charge is 0.330 e. The monoisotopic (exact) mass is 599 g/mol. The van der Waals surface area contributed by atoms with E-state index >= 15 is 0 Å². The summed E-state index contributed by atoms with van der Waals surface area (Å²) in [6, 6.07) is 19.7. The van der Waals surface area contributed by atoms with Gasteiger partial charge in [0, 0.05) is 29.5 Å². The number of hydrogen-bond donors (Lipinski definition) is 0. The Hall–Kier alpha value is -5.51. The molecule has 6 nitrogen and oxygen atoms in total. The maximum Gasteiger partial charge on any atom is 0.330 e. The van der Waals surface area contributed by atoms with Crippen molar-refractivity contribution < 1.29 is 23.8 Å². The topological polar surface area (TPSA) is 74.2 Å². The molecular formula is C39H37NO5. The Morgan fingerprint density at radius 3 is 1.91 bits per heavy atom. The minimum absolute atomic E-state index is 0.375. The van der Waals surface area contributed by atoms with E-state index in [1.807, 2.05) is 60.8 Å². The first kappa shape index (κ1) is 34.0. The highest BCUT2D eigenvalue weighted by Gasteiger charge is 1.99. The molecule has 6 heteroatoms. The molecule has 0 bridgehead atoms. The summed E-state index contributed by atoms with van der Waals surface area (Å²) in [7, 11) is 0. The summed E-state index contributed by atoms with van der Waals surface area (Å²) in [5, 5.41) is 2.18. The van der Waals surface area contributed by atoms with E-state index in [2.05, 4.69) is 59.7 Å². The van der Waals surface area contributed by atoms with Crippen molar-refractivity contribution in [2.45, 2.75) is 44.9 Å². The molecule has 0 saturated carbocycles. The highest BCUT2D eigenvalue weighted by Crippen LogP contribution is 2.22. The highest BCUT2D eigenvalue weighted by molar-refractivity contribution is 5.87. The van der Waals surface area contributed by atoms with Crippen LogP contribution in [0.5, 0.6) is 5.75 Å². The number of unbranched alkanes of at least 4 members (excludes halogenated alkanes) is 5. The van der Waals surface area contributed by atoms with Gasteiger partial charge in [0.2, 0.25) is 0 Å². The number of nitrogens with zero attached hydrogens (tertiary/aromatic N) is 1. The molecule has 0 unspecified atom stereocenters. The van der Waals surface area contributed by atoms with Gasteiger partial charge >= 0.3 is 11.9 Å². The van der Waals surface area contributed by atoms with Crippen LogP contribution in [0, 0.1) is 35.5 Å². The molecule has 0 heterocycles. The van der Waals surface area contributed by atoms with Crippen molar-refractivity contribution in [3.05, 3.63) is 97.1 Å². The van der Waals surface area contributed by atoms with E-state index in [1.165, 1.54) is 12.2 Å². The van der Waals surface area contributed by atoms with Crippen LogP contribution in [0.3, 0.4) is 0 Å². The maximum absolute atomic E-state index is 11.0. The summed E-state index contributed by atoms with van der Waals surface area (Å²) < 4.78 is 15.7. The molecule has 0 aliphatic heterocycles. The fourth-order valence-corrected chi connectivity index (χ4v) is 4.01. The largest absolute Gasteiger partial charge is 0.494 e. The number of aliphatic imine (C=N–C) groups is 1. The van der Waals surface area contributed by atoms with Crippen molar-refractivity contribution >= 4 is 34.6 Å². The number of hydrogen-bond acceptors (Lipinski definition) is 6. The van der Waals surface area contributed by atoms with E-state index in [0.29, 0.717) is 19.8 Å². The fraction of sp³-hybridized carbons (Fsp3) is 0.256. The number of carbonyl (C=O) groups excluding carboxylic acids is 2. The van der Waals surface area contributed by atoms with Crippen molar-refractivity contribution in [3.63, 3.8) is 0 Å². The van der Waals surface area contributed by atoms with Gasteiger partial charge in [-0.15, -0.1) is 0 Å². The minimum atomic E-state index is -0.389. The summed E-state index contributed by atoms with van der Waals surface area (Å²) in [6.07, 6.45) is 10.5. The third-order valence-electron chi connectivity index (χ3n) is 6.38. The van der Waals surface area contributed by atoms with Crippen LogP contribution in [0.25, 0.3) is 10.8 Å². The Kier molecular flexibility index (Phi) is 15.4. The molecule has 0 amide bonds. The molecule has 3 aromatic rings. The zero-order chi connectivity index (χ0) is 32.0. The lowest BCUT2D eigenvalue weighted by molar-refractivity contribution is -0.138. The molecule has 0 radical (unpaired) electrons. The molecule has 0 fully saturated rings. The lowest BCUT2D eigenvalue weighted by Gasteiger charge is -2.06. The van der Waals surface area contributed by atoms with E-state index in [4.69, 9.17) is 14.2 Å². The van der Waals surface area contributed by atoms with Crippen LogP contribution >= 0.6 is 0 Å². The van der Waals surface area contributed by atoms with Crippen LogP contribution in [0.4, 0.5) is 5.69 Å². The average Bonchev–Trinajstić information content (AvgIpc) is 3.07. The van der Waals surface area contributed by atoms with E-state index in [1.54, 1.807) is 0 Å². The SMILES string of the molecule is C=CC(=O)OCCCCCC=Nc1ccc2cc(C#CC#CC#Cc3ccc(OCCCCCOC(=O)C=C)cc3)ccc2c1. The Bertz CT molecular complexity index is 1670. The third kappa shape index (κ3) is 14.0. The Morgan fingerprint density at radius 1 is 0.644 bits per heavy atom. The number of carbonyl (C=O) groups is 2. The third-order valence-corrected chi connectivity index (χ3v) is 6.38.